The fourth-order valence-corrected chi connectivity index (χ4v) is 3.02. The van der Waals surface area contributed by atoms with Gasteiger partial charge in [0.05, 0.1) is 24.7 Å². The van der Waals surface area contributed by atoms with Crippen molar-refractivity contribution >= 4 is 5.97 Å². The maximum atomic E-state index is 14.7. The molecule has 1 fully saturated rings. The molecular weight excluding hydrogens is 263 g/mol. The van der Waals surface area contributed by atoms with Crippen LogP contribution >= 0.6 is 0 Å². The number of carboxylic acids is 1. The molecule has 110 valence electrons. The Morgan fingerprint density at radius 2 is 2.00 bits per heavy atom. The van der Waals surface area contributed by atoms with E-state index in [0.717, 1.165) is 12.8 Å². The Labute approximate surface area is 117 Å². The molecule has 0 spiro atoms. The summed E-state index contributed by atoms with van der Waals surface area (Å²) in [4.78, 5) is 11.7. The van der Waals surface area contributed by atoms with Crippen LogP contribution in [0.1, 0.15) is 36.8 Å². The highest BCUT2D eigenvalue weighted by Crippen LogP contribution is 2.44. The summed E-state index contributed by atoms with van der Waals surface area (Å²) in [5.41, 5.74) is -0.589. The van der Waals surface area contributed by atoms with Gasteiger partial charge in [-0.3, -0.25) is 4.79 Å². The number of ether oxygens (including phenoxy) is 2. The predicted molar refractivity (Wildman–Crippen MR) is 71.4 cm³/mol. The molecule has 0 bridgehead atoms. The van der Waals surface area contributed by atoms with Crippen LogP contribution in [0.3, 0.4) is 0 Å². The molecule has 1 aliphatic carbocycles. The zero-order valence-corrected chi connectivity index (χ0v) is 11.7. The van der Waals surface area contributed by atoms with Gasteiger partial charge in [-0.15, -0.1) is 0 Å². The van der Waals surface area contributed by atoms with Gasteiger partial charge in [0.2, 0.25) is 0 Å². The second-order valence-electron chi connectivity index (χ2n) is 5.14. The number of carbonyl (C=O) groups is 1. The van der Waals surface area contributed by atoms with Crippen molar-refractivity contribution in [2.24, 2.45) is 0 Å². The molecule has 1 aromatic carbocycles. The van der Waals surface area contributed by atoms with Crippen LogP contribution in [-0.2, 0) is 21.6 Å². The molecule has 0 atom stereocenters. The lowest BCUT2D eigenvalue weighted by molar-refractivity contribution is -0.143. The summed E-state index contributed by atoms with van der Waals surface area (Å²) in [6.45, 7) is 0.0541. The molecule has 1 aromatic rings. The van der Waals surface area contributed by atoms with Gasteiger partial charge in [-0.2, -0.15) is 0 Å². The topological polar surface area (TPSA) is 55.8 Å². The number of aliphatic carboxylic acids is 1. The average Bonchev–Trinajstić information content (AvgIpc) is 2.91. The Morgan fingerprint density at radius 1 is 1.35 bits per heavy atom. The summed E-state index contributed by atoms with van der Waals surface area (Å²) in [7, 11) is 2.92. The fourth-order valence-electron chi connectivity index (χ4n) is 3.02. The van der Waals surface area contributed by atoms with E-state index in [1.165, 1.54) is 20.3 Å². The van der Waals surface area contributed by atoms with Crippen LogP contribution in [0.4, 0.5) is 4.39 Å². The third-order valence-electron chi connectivity index (χ3n) is 4.09. The largest absolute Gasteiger partial charge is 0.496 e. The SMILES string of the molecule is COCc1c(OC)ccc(C2(C(=O)O)CCCC2)c1F. The molecule has 1 aliphatic rings. The minimum Gasteiger partial charge on any atom is -0.496 e. The highest BCUT2D eigenvalue weighted by molar-refractivity contribution is 5.82. The number of methoxy groups -OCH3 is 2. The van der Waals surface area contributed by atoms with Crippen LogP contribution in [0.25, 0.3) is 0 Å². The van der Waals surface area contributed by atoms with Gasteiger partial charge in [-0.05, 0) is 18.9 Å². The number of hydrogen-bond donors (Lipinski definition) is 1. The second-order valence-corrected chi connectivity index (χ2v) is 5.14. The van der Waals surface area contributed by atoms with Gasteiger partial charge in [0.15, 0.2) is 0 Å². The van der Waals surface area contributed by atoms with E-state index in [4.69, 9.17) is 9.47 Å². The van der Waals surface area contributed by atoms with Gasteiger partial charge in [0, 0.05) is 12.7 Å². The summed E-state index contributed by atoms with van der Waals surface area (Å²) in [6, 6.07) is 3.16. The lowest BCUT2D eigenvalue weighted by Gasteiger charge is -2.26. The van der Waals surface area contributed by atoms with E-state index in [9.17, 15) is 14.3 Å². The van der Waals surface area contributed by atoms with Gasteiger partial charge in [0.25, 0.3) is 0 Å². The van der Waals surface area contributed by atoms with Gasteiger partial charge in [-0.25, -0.2) is 4.39 Å². The number of rotatable bonds is 5. The monoisotopic (exact) mass is 282 g/mol. The summed E-state index contributed by atoms with van der Waals surface area (Å²) in [5, 5.41) is 9.56. The molecule has 0 saturated heterocycles. The van der Waals surface area contributed by atoms with Crippen molar-refractivity contribution in [2.75, 3.05) is 14.2 Å². The number of carboxylic acid groups (broad SMARTS) is 1. The third kappa shape index (κ3) is 2.26. The van der Waals surface area contributed by atoms with Crippen molar-refractivity contribution in [3.05, 3.63) is 29.1 Å². The Morgan fingerprint density at radius 3 is 2.50 bits per heavy atom. The summed E-state index contributed by atoms with van der Waals surface area (Å²) in [6.07, 6.45) is 2.55. The summed E-state index contributed by atoms with van der Waals surface area (Å²) in [5.74, 6) is -1.09. The Kier molecular flexibility index (Phi) is 4.28. The first kappa shape index (κ1) is 14.8. The first-order valence-corrected chi connectivity index (χ1v) is 6.65. The van der Waals surface area contributed by atoms with E-state index in [1.54, 1.807) is 6.07 Å². The first-order valence-electron chi connectivity index (χ1n) is 6.65. The minimum absolute atomic E-state index is 0.0541. The molecular formula is C15H19FO4. The average molecular weight is 282 g/mol. The van der Waals surface area contributed by atoms with Crippen LogP contribution in [0.15, 0.2) is 12.1 Å². The van der Waals surface area contributed by atoms with E-state index in [1.807, 2.05) is 0 Å². The van der Waals surface area contributed by atoms with Crippen molar-refractivity contribution in [2.45, 2.75) is 37.7 Å². The van der Waals surface area contributed by atoms with Crippen LogP contribution in [0, 0.1) is 5.82 Å². The van der Waals surface area contributed by atoms with E-state index in [0.29, 0.717) is 18.6 Å². The molecule has 0 aromatic heterocycles. The van der Waals surface area contributed by atoms with Crippen molar-refractivity contribution in [1.82, 2.24) is 0 Å². The number of benzene rings is 1. The summed E-state index contributed by atoms with van der Waals surface area (Å²) < 4.78 is 24.9. The van der Waals surface area contributed by atoms with Gasteiger partial charge >= 0.3 is 5.97 Å². The van der Waals surface area contributed by atoms with Crippen LogP contribution < -0.4 is 4.74 Å². The highest BCUT2D eigenvalue weighted by Gasteiger charge is 2.45. The first-order chi connectivity index (χ1) is 9.56. The standard InChI is InChI=1S/C15H19FO4/c1-19-9-10-12(20-2)6-5-11(13(10)16)15(14(17)18)7-3-4-8-15/h5-6H,3-4,7-9H2,1-2H3,(H,17,18). The molecule has 5 heteroatoms. The fraction of sp³-hybridized carbons (Fsp3) is 0.533. The Hall–Kier alpha value is -1.62. The summed E-state index contributed by atoms with van der Waals surface area (Å²) >= 11 is 0. The molecule has 4 nitrogen and oxygen atoms in total. The van der Waals surface area contributed by atoms with Crippen molar-refractivity contribution < 1.29 is 23.8 Å². The van der Waals surface area contributed by atoms with E-state index in [2.05, 4.69) is 0 Å². The zero-order valence-electron chi connectivity index (χ0n) is 11.7. The molecule has 2 rings (SSSR count). The second kappa shape index (κ2) is 5.79. The van der Waals surface area contributed by atoms with Gasteiger partial charge in [0.1, 0.15) is 11.6 Å². The van der Waals surface area contributed by atoms with E-state index < -0.39 is 17.2 Å². The van der Waals surface area contributed by atoms with Crippen molar-refractivity contribution in [1.29, 1.82) is 0 Å². The van der Waals surface area contributed by atoms with E-state index in [-0.39, 0.29) is 17.7 Å². The van der Waals surface area contributed by atoms with E-state index >= 15 is 0 Å². The predicted octanol–water partition coefficient (Wildman–Crippen LogP) is 2.88. The Balaban J connectivity index is 2.57. The molecule has 20 heavy (non-hydrogen) atoms. The molecule has 0 aliphatic heterocycles. The maximum absolute atomic E-state index is 14.7. The normalized spacial score (nSPS) is 17.1. The van der Waals surface area contributed by atoms with Crippen molar-refractivity contribution in [3.8, 4) is 5.75 Å². The molecule has 0 amide bonds. The van der Waals surface area contributed by atoms with Crippen LogP contribution in [0.2, 0.25) is 0 Å². The molecule has 1 saturated carbocycles. The maximum Gasteiger partial charge on any atom is 0.314 e. The third-order valence-corrected chi connectivity index (χ3v) is 4.09. The molecule has 0 unspecified atom stereocenters. The molecule has 0 heterocycles. The van der Waals surface area contributed by atoms with Crippen molar-refractivity contribution in [3.63, 3.8) is 0 Å². The zero-order chi connectivity index (χ0) is 14.8. The Bertz CT molecular complexity index is 507. The quantitative estimate of drug-likeness (QED) is 0.902. The number of hydrogen-bond acceptors (Lipinski definition) is 3. The van der Waals surface area contributed by atoms with Crippen LogP contribution in [0.5, 0.6) is 5.75 Å². The van der Waals surface area contributed by atoms with Gasteiger partial charge < -0.3 is 14.6 Å². The lowest BCUT2D eigenvalue weighted by Crippen LogP contribution is -2.34. The minimum atomic E-state index is -1.11. The smallest absolute Gasteiger partial charge is 0.314 e. The van der Waals surface area contributed by atoms with Crippen LogP contribution in [-0.4, -0.2) is 25.3 Å². The number of halogens is 1. The highest BCUT2D eigenvalue weighted by atomic mass is 19.1. The van der Waals surface area contributed by atoms with Gasteiger partial charge in [-0.1, -0.05) is 18.9 Å². The molecule has 1 N–H and O–H groups in total. The lowest BCUT2D eigenvalue weighted by atomic mass is 9.78. The molecule has 0 radical (unpaired) electrons.